The van der Waals surface area contributed by atoms with E-state index >= 15 is 0 Å². The van der Waals surface area contributed by atoms with Crippen LogP contribution in [0.5, 0.6) is 0 Å². The van der Waals surface area contributed by atoms with Gasteiger partial charge in [0.15, 0.2) is 6.10 Å². The Balaban J connectivity index is 0.000000282. The summed E-state index contributed by atoms with van der Waals surface area (Å²) in [7, 11) is 0. The molecule has 4 N–H and O–H groups in total. The number of carbonyl (C=O) groups excluding carboxylic acids is 3. The van der Waals surface area contributed by atoms with Crippen molar-refractivity contribution in [1.29, 1.82) is 0 Å². The van der Waals surface area contributed by atoms with Gasteiger partial charge in [-0.05, 0) is 108 Å². The lowest BCUT2D eigenvalue weighted by Crippen LogP contribution is -2.55. The number of hydrogen-bond donors (Lipinski definition) is 4. The van der Waals surface area contributed by atoms with Crippen molar-refractivity contribution in [1.82, 2.24) is 0 Å². The molecule has 4 aromatic rings. The highest BCUT2D eigenvalue weighted by Gasteiger charge is 2.49. The van der Waals surface area contributed by atoms with Crippen LogP contribution >= 0.6 is 46.7 Å². The molecule has 2 heterocycles. The fraction of sp³-hybridized carbons (Fsp3) is 0.460. The Labute approximate surface area is 406 Å². The number of aliphatic hydroxyl groups is 4. The average Bonchev–Trinajstić information content (AvgIpc) is 3.29. The number of rotatable bonds is 13. The van der Waals surface area contributed by atoms with Crippen LogP contribution in [0.15, 0.2) is 94.7 Å². The van der Waals surface area contributed by atoms with Crippen LogP contribution in [0, 0.1) is 19.8 Å². The molecule has 360 valence electrons. The zero-order chi connectivity index (χ0) is 48.7. The summed E-state index contributed by atoms with van der Waals surface area (Å²) in [4.78, 5) is 37.9. The first-order valence-electron chi connectivity index (χ1n) is 21.4. The molecule has 12 nitrogen and oxygen atoms in total. The van der Waals surface area contributed by atoms with Gasteiger partial charge in [-0.15, -0.1) is 46.7 Å². The fourth-order valence-corrected chi connectivity index (χ4v) is 8.66. The molecule has 66 heavy (non-hydrogen) atoms. The van der Waals surface area contributed by atoms with Crippen molar-refractivity contribution in [2.24, 2.45) is 5.92 Å². The quantitative estimate of drug-likeness (QED) is 0.0438. The summed E-state index contributed by atoms with van der Waals surface area (Å²) in [6.45, 7) is 9.43. The Morgan fingerprint density at radius 1 is 0.621 bits per heavy atom. The van der Waals surface area contributed by atoms with Crippen LogP contribution in [0.25, 0.3) is 0 Å². The van der Waals surface area contributed by atoms with Crippen molar-refractivity contribution in [2.45, 2.75) is 119 Å². The van der Waals surface area contributed by atoms with Crippen LogP contribution < -0.4 is 0 Å². The first-order valence-corrected chi connectivity index (χ1v) is 25.0. The number of hydrogen-bond acceptors (Lipinski definition) is 14. The molecule has 16 heteroatoms. The number of thioether (sulfide) groups is 2. The zero-order valence-corrected chi connectivity index (χ0v) is 41.7. The molecule has 2 fully saturated rings. The van der Waals surface area contributed by atoms with E-state index in [9.17, 15) is 34.8 Å². The molecule has 0 aliphatic carbocycles. The smallest absolute Gasteiger partial charge is 0.303 e. The van der Waals surface area contributed by atoms with E-state index in [4.69, 9.17) is 46.9 Å². The lowest BCUT2D eigenvalue weighted by Gasteiger charge is -2.44. The second-order valence-corrected chi connectivity index (χ2v) is 18.7. The number of halogens is 2. The molecule has 0 unspecified atom stereocenters. The highest BCUT2D eigenvalue weighted by molar-refractivity contribution is 7.98. The van der Waals surface area contributed by atoms with Gasteiger partial charge in [-0.1, -0.05) is 67.6 Å². The molecule has 0 radical (unpaired) electrons. The SMILES string of the molecule is CSc1ccc(Cc2cc([C@@H]3O[C@H](CO)[C@@H](O)[C@H](O)[C@H]3O)ccc2C)cc1.CSc1ccc(Cc2cc([C@@H]3O[C@H](COC(C)=O)[C@@H](C)[C@H](OC(C)=O)[C@H]3OC(C)=O)ccc2C)cc1.ClCCl. The summed E-state index contributed by atoms with van der Waals surface area (Å²) >= 11 is 12.9. The Kier molecular flexibility index (Phi) is 22.3. The molecule has 0 spiro atoms. The number of esters is 3. The predicted octanol–water partition coefficient (Wildman–Crippen LogP) is 8.05. The Hall–Kier alpha value is -3.67. The van der Waals surface area contributed by atoms with Gasteiger partial charge in [-0.2, -0.15) is 0 Å². The maximum Gasteiger partial charge on any atom is 0.303 e. The van der Waals surface area contributed by atoms with Crippen molar-refractivity contribution >= 4 is 64.6 Å². The molecule has 0 amide bonds. The zero-order valence-electron chi connectivity index (χ0n) is 38.5. The Morgan fingerprint density at radius 2 is 1.06 bits per heavy atom. The highest BCUT2D eigenvalue weighted by Crippen LogP contribution is 2.40. The summed E-state index contributed by atoms with van der Waals surface area (Å²) in [5.74, 6) is -1.81. The first-order chi connectivity index (χ1) is 31.4. The Bertz CT molecular complexity index is 2170. The van der Waals surface area contributed by atoms with Gasteiger partial charge in [0.05, 0.1) is 18.1 Å². The van der Waals surface area contributed by atoms with E-state index in [0.717, 1.165) is 40.7 Å². The van der Waals surface area contributed by atoms with Crippen LogP contribution in [0.4, 0.5) is 0 Å². The lowest BCUT2D eigenvalue weighted by atomic mass is 9.84. The molecule has 4 aromatic carbocycles. The normalized spacial score (nSPS) is 24.7. The predicted molar refractivity (Wildman–Crippen MR) is 258 cm³/mol. The van der Waals surface area contributed by atoms with Crippen molar-refractivity contribution in [3.05, 3.63) is 129 Å². The third-order valence-corrected chi connectivity index (χ3v) is 13.0. The van der Waals surface area contributed by atoms with E-state index in [0.29, 0.717) is 5.56 Å². The van der Waals surface area contributed by atoms with Gasteiger partial charge < -0.3 is 44.1 Å². The van der Waals surface area contributed by atoms with Gasteiger partial charge in [0.1, 0.15) is 49.3 Å². The van der Waals surface area contributed by atoms with E-state index in [2.05, 4.69) is 48.5 Å². The topological polar surface area (TPSA) is 178 Å². The van der Waals surface area contributed by atoms with Crippen molar-refractivity contribution < 1.29 is 58.5 Å². The van der Waals surface area contributed by atoms with E-state index in [-0.39, 0.29) is 17.9 Å². The van der Waals surface area contributed by atoms with E-state index in [1.165, 1.54) is 41.7 Å². The highest BCUT2D eigenvalue weighted by atomic mass is 35.5. The molecule has 2 aliphatic rings. The molecular formula is C50H62Cl2O12S2. The largest absolute Gasteiger partial charge is 0.463 e. The molecule has 2 aliphatic heterocycles. The van der Waals surface area contributed by atoms with Gasteiger partial charge in [-0.3, -0.25) is 14.4 Å². The van der Waals surface area contributed by atoms with Gasteiger partial charge in [0.25, 0.3) is 0 Å². The molecule has 0 bridgehead atoms. The third-order valence-electron chi connectivity index (χ3n) is 11.5. The lowest BCUT2D eigenvalue weighted by molar-refractivity contribution is -0.232. The summed E-state index contributed by atoms with van der Waals surface area (Å²) in [5, 5.41) is 40.0. The van der Waals surface area contributed by atoms with Crippen molar-refractivity contribution in [2.75, 3.05) is 31.1 Å². The maximum atomic E-state index is 12.0. The number of carbonyl (C=O) groups is 3. The molecule has 10 atom stereocenters. The Morgan fingerprint density at radius 3 is 1.48 bits per heavy atom. The van der Waals surface area contributed by atoms with Crippen LogP contribution in [-0.4, -0.2) is 112 Å². The van der Waals surface area contributed by atoms with Crippen molar-refractivity contribution in [3.8, 4) is 0 Å². The third kappa shape index (κ3) is 15.4. The molecule has 2 saturated heterocycles. The molecule has 0 saturated carbocycles. The first kappa shape index (κ1) is 54.9. The minimum Gasteiger partial charge on any atom is -0.463 e. The number of ether oxygens (including phenoxy) is 5. The minimum absolute atomic E-state index is 0.00192. The van der Waals surface area contributed by atoms with Crippen LogP contribution in [0.1, 0.15) is 84.4 Å². The number of alkyl halides is 2. The average molecular weight is 990 g/mol. The van der Waals surface area contributed by atoms with Crippen LogP contribution in [0.2, 0.25) is 0 Å². The molecule has 6 rings (SSSR count). The van der Waals surface area contributed by atoms with E-state index in [1.807, 2.05) is 69.7 Å². The summed E-state index contributed by atoms with van der Waals surface area (Å²) in [6.07, 6.45) is -3.03. The number of aryl methyl sites for hydroxylation is 2. The van der Waals surface area contributed by atoms with Crippen LogP contribution in [0.3, 0.4) is 0 Å². The minimum atomic E-state index is -1.37. The second kappa shape index (κ2) is 26.8. The van der Waals surface area contributed by atoms with Gasteiger partial charge in [-0.25, -0.2) is 0 Å². The van der Waals surface area contributed by atoms with Gasteiger partial charge in [0, 0.05) is 36.5 Å². The standard InChI is InChI=1S/C28H34O7S.C21H26O5S.CH2Cl2/c1-16-7-10-22(14-23(16)13-21-8-11-24(36-6)12-9-21)27-28(34-20(5)31)26(33-19(4)30)17(2)25(35-27)15-32-18(3)29;1-12-3-6-14(21-20(25)19(24)18(23)17(11-22)26-21)10-15(12)9-13-4-7-16(27-2)8-5-13;2-1-3/h7-12,14,17,25-28H,13,15H2,1-6H3;3-8,10,17-25H,9,11H2,1-2H3;1H2/t17-,25-,26+,27+,28-;17-,18-,19+,20-,21+;/m11./s1. The molecule has 0 aromatic heterocycles. The molecular weight excluding hydrogens is 928 g/mol. The van der Waals surface area contributed by atoms with E-state index < -0.39 is 79.5 Å². The number of benzene rings is 4. The van der Waals surface area contributed by atoms with Gasteiger partial charge in [0.2, 0.25) is 0 Å². The maximum absolute atomic E-state index is 12.0. The van der Waals surface area contributed by atoms with Crippen LogP contribution in [-0.2, 0) is 50.9 Å². The summed E-state index contributed by atoms with van der Waals surface area (Å²) < 4.78 is 28.6. The number of aliphatic hydroxyl groups excluding tert-OH is 4. The monoisotopic (exact) mass is 988 g/mol. The summed E-state index contributed by atoms with van der Waals surface area (Å²) in [5.41, 5.74) is 8.31. The van der Waals surface area contributed by atoms with E-state index in [1.54, 1.807) is 23.5 Å². The second-order valence-electron chi connectivity index (χ2n) is 16.2. The van der Waals surface area contributed by atoms with Gasteiger partial charge >= 0.3 is 17.9 Å². The summed E-state index contributed by atoms with van der Waals surface area (Å²) in [6, 6.07) is 28.6. The van der Waals surface area contributed by atoms with Crippen molar-refractivity contribution in [3.63, 3.8) is 0 Å². The fourth-order valence-electron chi connectivity index (χ4n) is 7.84.